The van der Waals surface area contributed by atoms with Crippen molar-refractivity contribution in [2.24, 2.45) is 0 Å². The van der Waals surface area contributed by atoms with Crippen LogP contribution in [0.1, 0.15) is 245 Å². The number of allylic oxidation sites excluding steroid dienone is 4. The van der Waals surface area contributed by atoms with E-state index in [4.69, 9.17) is 14.2 Å². The van der Waals surface area contributed by atoms with Gasteiger partial charge >= 0.3 is 17.9 Å². The molecule has 0 radical (unpaired) electrons. The fourth-order valence-corrected chi connectivity index (χ4v) is 7.85. The van der Waals surface area contributed by atoms with Crippen LogP contribution in [0.25, 0.3) is 0 Å². The highest BCUT2D eigenvalue weighted by Gasteiger charge is 2.31. The van der Waals surface area contributed by atoms with Crippen LogP contribution in [-0.4, -0.2) is 80.6 Å². The average molecular weight is 863 g/mol. The molecule has 0 heterocycles. The molecule has 0 aromatic carbocycles. The Morgan fingerprint density at radius 2 is 0.852 bits per heavy atom. The third-order valence-corrected chi connectivity index (χ3v) is 11.9. The van der Waals surface area contributed by atoms with E-state index in [0.717, 1.165) is 38.5 Å². The number of quaternary nitrogens is 1. The molecule has 61 heavy (non-hydrogen) atoms. The molecule has 0 bridgehead atoms. The number of esters is 2. The molecule has 8 nitrogen and oxygen atoms in total. The SMILES string of the molecule is CCCCC/C=C/C=C/CCCCCCCCCCCCC(=O)OC(COCCC(C(=O)O)[N+](C)(C)C)COC(=O)CCCCCCCCCCCCCCCCCCCC. The molecule has 2 atom stereocenters. The molecule has 0 amide bonds. The first-order chi connectivity index (χ1) is 29.6. The number of carbonyl (C=O) groups is 3. The predicted octanol–water partition coefficient (Wildman–Crippen LogP) is 14.8. The number of likely N-dealkylation sites (N-methyl/N-ethyl adjacent to an activating group) is 1. The van der Waals surface area contributed by atoms with Crippen molar-refractivity contribution in [1.29, 1.82) is 0 Å². The van der Waals surface area contributed by atoms with E-state index < -0.39 is 18.1 Å². The zero-order chi connectivity index (χ0) is 44.9. The first-order valence-corrected chi connectivity index (χ1v) is 25.9. The fourth-order valence-electron chi connectivity index (χ4n) is 7.85. The summed E-state index contributed by atoms with van der Waals surface area (Å²) in [7, 11) is 5.54. The van der Waals surface area contributed by atoms with Crippen LogP contribution < -0.4 is 0 Å². The minimum absolute atomic E-state index is 0.0471. The Kier molecular flexibility index (Phi) is 42.8. The standard InChI is InChI=1S/C53H99NO7/c1-6-8-10-12-14-16-18-20-22-24-26-28-30-32-34-36-38-40-42-44-52(56)61-49(47-59-46-45-50(53(57)58)54(3,4)5)48-60-51(55)43-41-39-37-35-33-31-29-27-25-23-21-19-17-15-13-11-9-7-2/h14,16,18,20,49-50H,6-13,15,17,19,21-48H2,1-5H3/p+1/b16-14+,20-18+. The molecule has 0 aromatic rings. The minimum Gasteiger partial charge on any atom is -0.477 e. The summed E-state index contributed by atoms with van der Waals surface area (Å²) in [4.78, 5) is 37.2. The van der Waals surface area contributed by atoms with Crippen LogP contribution in [0.4, 0.5) is 0 Å². The molecule has 0 aliphatic rings. The van der Waals surface area contributed by atoms with E-state index in [0.29, 0.717) is 19.3 Å². The number of carboxylic acids is 1. The summed E-state index contributed by atoms with van der Waals surface area (Å²) in [5, 5.41) is 9.65. The van der Waals surface area contributed by atoms with Gasteiger partial charge in [0.15, 0.2) is 12.1 Å². The molecule has 0 aliphatic carbocycles. The Bertz CT molecular complexity index is 1050. The summed E-state index contributed by atoms with van der Waals surface area (Å²) in [6.07, 6.45) is 50.8. The number of carboxylic acid groups (broad SMARTS) is 1. The number of unbranched alkanes of at least 4 members (excludes halogenated alkanes) is 30. The summed E-state index contributed by atoms with van der Waals surface area (Å²) < 4.78 is 17.4. The lowest BCUT2D eigenvalue weighted by molar-refractivity contribution is -0.887. The van der Waals surface area contributed by atoms with Crippen molar-refractivity contribution in [1.82, 2.24) is 0 Å². The highest BCUT2D eigenvalue weighted by molar-refractivity contribution is 5.72. The molecular weight excluding hydrogens is 763 g/mol. The lowest BCUT2D eigenvalue weighted by atomic mass is 10.0. The maximum atomic E-state index is 12.8. The van der Waals surface area contributed by atoms with Gasteiger partial charge in [0.05, 0.1) is 34.4 Å². The maximum Gasteiger partial charge on any atom is 0.362 e. The number of ether oxygens (including phenoxy) is 3. The zero-order valence-corrected chi connectivity index (χ0v) is 40.9. The van der Waals surface area contributed by atoms with Crippen LogP contribution in [0.15, 0.2) is 24.3 Å². The monoisotopic (exact) mass is 863 g/mol. The fraction of sp³-hybridized carbons (Fsp3) is 0.868. The van der Waals surface area contributed by atoms with Crippen LogP contribution in [0, 0.1) is 0 Å². The van der Waals surface area contributed by atoms with Gasteiger partial charge in [-0.15, -0.1) is 0 Å². The lowest BCUT2D eigenvalue weighted by Gasteiger charge is -2.31. The summed E-state index contributed by atoms with van der Waals surface area (Å²) >= 11 is 0. The van der Waals surface area contributed by atoms with E-state index in [9.17, 15) is 19.5 Å². The van der Waals surface area contributed by atoms with Crippen molar-refractivity contribution in [3.05, 3.63) is 24.3 Å². The van der Waals surface area contributed by atoms with Crippen molar-refractivity contribution in [2.45, 2.75) is 257 Å². The van der Waals surface area contributed by atoms with Crippen molar-refractivity contribution in [2.75, 3.05) is 41.0 Å². The Balaban J connectivity index is 4.22. The van der Waals surface area contributed by atoms with Crippen LogP contribution >= 0.6 is 0 Å². The number of aliphatic carboxylic acids is 1. The smallest absolute Gasteiger partial charge is 0.362 e. The number of carbonyl (C=O) groups excluding carboxylic acids is 2. The molecule has 1 N–H and O–H groups in total. The first-order valence-electron chi connectivity index (χ1n) is 25.9. The third-order valence-electron chi connectivity index (χ3n) is 11.9. The molecule has 0 rings (SSSR count). The summed E-state index contributed by atoms with van der Waals surface area (Å²) in [6.45, 7) is 4.75. The third kappa shape index (κ3) is 42.9. The van der Waals surface area contributed by atoms with E-state index >= 15 is 0 Å². The van der Waals surface area contributed by atoms with Gasteiger partial charge in [0, 0.05) is 19.3 Å². The van der Waals surface area contributed by atoms with Crippen molar-refractivity contribution >= 4 is 17.9 Å². The minimum atomic E-state index is -0.872. The number of rotatable bonds is 47. The quantitative estimate of drug-likeness (QED) is 0.0281. The highest BCUT2D eigenvalue weighted by Crippen LogP contribution is 2.16. The van der Waals surface area contributed by atoms with Crippen molar-refractivity contribution in [3.8, 4) is 0 Å². The van der Waals surface area contributed by atoms with E-state index in [2.05, 4.69) is 38.2 Å². The summed E-state index contributed by atoms with van der Waals surface area (Å²) in [5.41, 5.74) is 0. The molecule has 0 saturated heterocycles. The van der Waals surface area contributed by atoms with Gasteiger partial charge < -0.3 is 23.8 Å². The van der Waals surface area contributed by atoms with Crippen molar-refractivity contribution in [3.63, 3.8) is 0 Å². The first kappa shape index (κ1) is 58.8. The second-order valence-electron chi connectivity index (χ2n) is 18.8. The molecule has 2 unspecified atom stereocenters. The van der Waals surface area contributed by atoms with Gasteiger partial charge in [-0.05, 0) is 38.5 Å². The molecular formula is C53H100NO7+. The molecule has 0 aliphatic heterocycles. The maximum absolute atomic E-state index is 12.8. The van der Waals surface area contributed by atoms with Gasteiger partial charge in [-0.1, -0.05) is 212 Å². The molecule has 0 fully saturated rings. The van der Waals surface area contributed by atoms with E-state index in [-0.39, 0.29) is 36.2 Å². The van der Waals surface area contributed by atoms with Gasteiger partial charge in [-0.2, -0.15) is 0 Å². The van der Waals surface area contributed by atoms with Gasteiger partial charge in [0.25, 0.3) is 0 Å². The second-order valence-corrected chi connectivity index (χ2v) is 18.8. The summed E-state index contributed by atoms with van der Waals surface area (Å²) in [6, 6.07) is -0.613. The Labute approximate surface area is 377 Å². The van der Waals surface area contributed by atoms with E-state index in [1.807, 2.05) is 21.1 Å². The number of hydrogen-bond donors (Lipinski definition) is 1. The van der Waals surface area contributed by atoms with Gasteiger partial charge in [-0.3, -0.25) is 9.59 Å². The lowest BCUT2D eigenvalue weighted by Crippen LogP contribution is -2.50. The molecule has 8 heteroatoms. The zero-order valence-electron chi connectivity index (χ0n) is 40.9. The van der Waals surface area contributed by atoms with Crippen LogP contribution in [0.3, 0.4) is 0 Å². The van der Waals surface area contributed by atoms with Crippen LogP contribution in [0.5, 0.6) is 0 Å². The molecule has 0 aromatic heterocycles. The average Bonchev–Trinajstić information content (AvgIpc) is 3.22. The predicted molar refractivity (Wildman–Crippen MR) is 257 cm³/mol. The van der Waals surface area contributed by atoms with Gasteiger partial charge in [0.2, 0.25) is 0 Å². The number of hydrogen-bond acceptors (Lipinski definition) is 6. The van der Waals surface area contributed by atoms with Crippen LogP contribution in [0.2, 0.25) is 0 Å². The second kappa shape index (κ2) is 44.4. The largest absolute Gasteiger partial charge is 0.477 e. The normalized spacial score (nSPS) is 13.0. The van der Waals surface area contributed by atoms with Gasteiger partial charge in [0.1, 0.15) is 6.61 Å². The molecule has 0 saturated carbocycles. The van der Waals surface area contributed by atoms with E-state index in [1.165, 1.54) is 173 Å². The Hall–Kier alpha value is -2.19. The van der Waals surface area contributed by atoms with Crippen LogP contribution in [-0.2, 0) is 28.6 Å². The van der Waals surface area contributed by atoms with E-state index in [1.54, 1.807) is 0 Å². The topological polar surface area (TPSA) is 99.1 Å². The van der Waals surface area contributed by atoms with Crippen molar-refractivity contribution < 1.29 is 38.2 Å². The molecule has 0 spiro atoms. The van der Waals surface area contributed by atoms with Gasteiger partial charge in [-0.25, -0.2) is 4.79 Å². The summed E-state index contributed by atoms with van der Waals surface area (Å²) in [5.74, 6) is -1.45. The number of nitrogens with zero attached hydrogens (tertiary/aromatic N) is 1. The Morgan fingerprint density at radius 3 is 1.26 bits per heavy atom. The Morgan fingerprint density at radius 1 is 0.492 bits per heavy atom. The molecule has 358 valence electrons. The highest BCUT2D eigenvalue weighted by atomic mass is 16.6.